The maximum Gasteiger partial charge on any atom is 0.185 e. The van der Waals surface area contributed by atoms with Crippen LogP contribution in [0.25, 0.3) is 0 Å². The largest absolute Gasteiger partial charge is 0.311 e. The maximum atomic E-state index is 11.9. The number of hydrogen-bond donors (Lipinski definition) is 1. The number of sulfone groups is 1. The lowest BCUT2D eigenvalue weighted by atomic mass is 10.1. The van der Waals surface area contributed by atoms with Crippen LogP contribution in [0.15, 0.2) is 35.2 Å². The molecule has 1 N–H and O–H groups in total. The molecule has 17 heavy (non-hydrogen) atoms. The maximum absolute atomic E-state index is 11.9. The van der Waals surface area contributed by atoms with E-state index < -0.39 is 21.6 Å². The molecular weight excluding hydrogens is 238 g/mol. The summed E-state index contributed by atoms with van der Waals surface area (Å²) in [6.07, 6.45) is 0.583. The van der Waals surface area contributed by atoms with Crippen LogP contribution < -0.4 is 5.32 Å². The molecule has 0 heterocycles. The van der Waals surface area contributed by atoms with Gasteiger partial charge in [-0.05, 0) is 25.6 Å². The van der Waals surface area contributed by atoms with Gasteiger partial charge in [-0.1, -0.05) is 25.1 Å². The van der Waals surface area contributed by atoms with E-state index in [1.807, 2.05) is 6.92 Å². The average Bonchev–Trinajstić information content (AvgIpc) is 2.31. The molecule has 0 fully saturated rings. The molecule has 5 heteroatoms. The van der Waals surface area contributed by atoms with Gasteiger partial charge >= 0.3 is 0 Å². The Bertz CT molecular complexity index is 464. The molecule has 1 rings (SSSR count). The van der Waals surface area contributed by atoms with Crippen LogP contribution in [0.4, 0.5) is 0 Å². The Labute approximate surface area is 102 Å². The number of carbonyl (C=O) groups excluding carboxylic acids is 1. The molecule has 0 saturated heterocycles. The SMILES string of the molecule is CCC(NC)C(=O)CS(=O)(=O)c1ccccc1. The van der Waals surface area contributed by atoms with E-state index in [0.29, 0.717) is 6.42 Å². The fraction of sp³-hybridized carbons (Fsp3) is 0.417. The van der Waals surface area contributed by atoms with Crippen molar-refractivity contribution in [3.8, 4) is 0 Å². The molecule has 0 aliphatic heterocycles. The van der Waals surface area contributed by atoms with Gasteiger partial charge in [0.15, 0.2) is 15.6 Å². The Kier molecular flexibility index (Phi) is 4.84. The molecule has 0 bridgehead atoms. The molecule has 4 nitrogen and oxygen atoms in total. The monoisotopic (exact) mass is 255 g/mol. The smallest absolute Gasteiger partial charge is 0.185 e. The van der Waals surface area contributed by atoms with E-state index in [4.69, 9.17) is 0 Å². The van der Waals surface area contributed by atoms with E-state index in [1.54, 1.807) is 25.2 Å². The molecular formula is C12H17NO3S. The number of nitrogens with one attached hydrogen (secondary N) is 1. The lowest BCUT2D eigenvalue weighted by molar-refractivity contribution is -0.118. The first-order chi connectivity index (χ1) is 8.01. The van der Waals surface area contributed by atoms with Crippen LogP contribution in [-0.4, -0.2) is 33.0 Å². The standard InChI is InChI=1S/C12H17NO3S/c1-3-11(13-2)12(14)9-17(15,16)10-7-5-4-6-8-10/h4-8,11,13H,3,9H2,1-2H3. The zero-order chi connectivity index (χ0) is 12.9. The minimum atomic E-state index is -3.51. The van der Waals surface area contributed by atoms with Crippen LogP contribution in [0.3, 0.4) is 0 Å². The van der Waals surface area contributed by atoms with Crippen molar-refractivity contribution >= 4 is 15.6 Å². The minimum absolute atomic E-state index is 0.194. The zero-order valence-corrected chi connectivity index (χ0v) is 10.8. The summed E-state index contributed by atoms with van der Waals surface area (Å²) in [4.78, 5) is 11.9. The van der Waals surface area contributed by atoms with Crippen molar-refractivity contribution in [1.82, 2.24) is 5.32 Å². The Morgan fingerprint density at radius 3 is 2.35 bits per heavy atom. The number of ketones is 1. The Hall–Kier alpha value is -1.20. The highest BCUT2D eigenvalue weighted by atomic mass is 32.2. The van der Waals surface area contributed by atoms with Gasteiger partial charge in [-0.3, -0.25) is 4.79 Å². The van der Waals surface area contributed by atoms with Gasteiger partial charge in [0, 0.05) is 0 Å². The van der Waals surface area contributed by atoms with Crippen LogP contribution in [-0.2, 0) is 14.6 Å². The van der Waals surface area contributed by atoms with Crippen molar-refractivity contribution in [3.05, 3.63) is 30.3 Å². The van der Waals surface area contributed by atoms with Crippen molar-refractivity contribution in [2.75, 3.05) is 12.8 Å². The number of benzene rings is 1. The van der Waals surface area contributed by atoms with Gasteiger partial charge in [-0.2, -0.15) is 0 Å². The normalized spacial score (nSPS) is 13.3. The summed E-state index contributed by atoms with van der Waals surface area (Å²) in [5.74, 6) is -0.741. The van der Waals surface area contributed by atoms with Crippen molar-refractivity contribution < 1.29 is 13.2 Å². The van der Waals surface area contributed by atoms with Crippen LogP contribution >= 0.6 is 0 Å². The minimum Gasteiger partial charge on any atom is -0.311 e. The molecule has 1 unspecified atom stereocenters. The topological polar surface area (TPSA) is 63.2 Å². The van der Waals surface area contributed by atoms with E-state index >= 15 is 0 Å². The predicted molar refractivity (Wildman–Crippen MR) is 66.6 cm³/mol. The van der Waals surface area contributed by atoms with E-state index in [1.165, 1.54) is 12.1 Å². The first-order valence-corrected chi connectivity index (χ1v) is 7.14. The van der Waals surface area contributed by atoms with Gasteiger partial charge in [0.2, 0.25) is 0 Å². The summed E-state index contributed by atoms with van der Waals surface area (Å²) in [7, 11) is -1.86. The Morgan fingerprint density at radius 2 is 1.88 bits per heavy atom. The Morgan fingerprint density at radius 1 is 1.29 bits per heavy atom. The third-order valence-corrected chi connectivity index (χ3v) is 4.23. The number of rotatable bonds is 6. The van der Waals surface area contributed by atoms with Gasteiger partial charge in [0.1, 0.15) is 5.75 Å². The quantitative estimate of drug-likeness (QED) is 0.824. The molecule has 0 aromatic heterocycles. The summed E-state index contributed by atoms with van der Waals surface area (Å²) >= 11 is 0. The summed E-state index contributed by atoms with van der Waals surface area (Å²) in [5, 5.41) is 2.81. The van der Waals surface area contributed by atoms with E-state index in [-0.39, 0.29) is 10.7 Å². The van der Waals surface area contributed by atoms with Gasteiger partial charge in [-0.25, -0.2) is 8.42 Å². The number of hydrogen-bond acceptors (Lipinski definition) is 4. The first kappa shape index (κ1) is 13.9. The second kappa shape index (κ2) is 5.93. The molecule has 0 saturated carbocycles. The molecule has 1 aromatic carbocycles. The highest BCUT2D eigenvalue weighted by Crippen LogP contribution is 2.11. The predicted octanol–water partition coefficient (Wildman–Crippen LogP) is 1.03. The summed E-state index contributed by atoms with van der Waals surface area (Å²) in [5.41, 5.74) is 0. The van der Waals surface area contributed by atoms with Crippen molar-refractivity contribution in [2.45, 2.75) is 24.3 Å². The zero-order valence-electron chi connectivity index (χ0n) is 10.0. The number of carbonyl (C=O) groups is 1. The number of likely N-dealkylation sites (N-methyl/N-ethyl adjacent to an activating group) is 1. The van der Waals surface area contributed by atoms with Crippen LogP contribution in [0, 0.1) is 0 Å². The summed E-state index contributed by atoms with van der Waals surface area (Å²) < 4.78 is 23.9. The molecule has 0 aliphatic carbocycles. The van der Waals surface area contributed by atoms with E-state index in [2.05, 4.69) is 5.32 Å². The summed E-state index contributed by atoms with van der Waals surface area (Å²) in [6, 6.07) is 7.64. The lowest BCUT2D eigenvalue weighted by Gasteiger charge is -2.12. The fourth-order valence-electron chi connectivity index (χ4n) is 1.59. The average molecular weight is 255 g/mol. The van der Waals surface area contributed by atoms with Crippen LogP contribution in [0.5, 0.6) is 0 Å². The highest BCUT2D eigenvalue weighted by molar-refractivity contribution is 7.92. The molecule has 0 amide bonds. The third-order valence-electron chi connectivity index (χ3n) is 2.58. The van der Waals surface area contributed by atoms with Gasteiger partial charge in [0.05, 0.1) is 10.9 Å². The lowest BCUT2D eigenvalue weighted by Crippen LogP contribution is -2.37. The van der Waals surface area contributed by atoms with Gasteiger partial charge in [0.25, 0.3) is 0 Å². The van der Waals surface area contributed by atoms with Gasteiger partial charge in [-0.15, -0.1) is 0 Å². The third kappa shape index (κ3) is 3.64. The van der Waals surface area contributed by atoms with Gasteiger partial charge < -0.3 is 5.32 Å². The molecule has 1 aromatic rings. The second-order valence-electron chi connectivity index (χ2n) is 3.79. The van der Waals surface area contributed by atoms with Crippen molar-refractivity contribution in [3.63, 3.8) is 0 Å². The van der Waals surface area contributed by atoms with Crippen molar-refractivity contribution in [2.24, 2.45) is 0 Å². The van der Waals surface area contributed by atoms with E-state index in [0.717, 1.165) is 0 Å². The first-order valence-electron chi connectivity index (χ1n) is 5.49. The molecule has 0 radical (unpaired) electrons. The summed E-state index contributed by atoms with van der Waals surface area (Å²) in [6.45, 7) is 1.84. The molecule has 94 valence electrons. The molecule has 0 aliphatic rings. The second-order valence-corrected chi connectivity index (χ2v) is 5.78. The van der Waals surface area contributed by atoms with Crippen LogP contribution in [0.2, 0.25) is 0 Å². The van der Waals surface area contributed by atoms with Crippen molar-refractivity contribution in [1.29, 1.82) is 0 Å². The molecule has 0 spiro atoms. The Balaban J connectivity index is 2.85. The van der Waals surface area contributed by atoms with E-state index in [9.17, 15) is 13.2 Å². The van der Waals surface area contributed by atoms with Crippen LogP contribution in [0.1, 0.15) is 13.3 Å². The number of Topliss-reactive ketones (excluding diaryl/α,β-unsaturated/α-hetero) is 1. The highest BCUT2D eigenvalue weighted by Gasteiger charge is 2.23. The molecule has 1 atom stereocenters. The fourth-order valence-corrected chi connectivity index (χ4v) is 2.91.